The highest BCUT2D eigenvalue weighted by Crippen LogP contribution is 2.28. The first kappa shape index (κ1) is 13.0. The lowest BCUT2D eigenvalue weighted by Gasteiger charge is -2.20. The molecule has 1 aromatic heterocycles. The topological polar surface area (TPSA) is 35.2 Å². The van der Waals surface area contributed by atoms with Gasteiger partial charge in [0.1, 0.15) is 0 Å². The van der Waals surface area contributed by atoms with Crippen LogP contribution < -0.4 is 5.73 Å². The molecule has 4 heteroatoms. The molecule has 0 bridgehead atoms. The van der Waals surface area contributed by atoms with Gasteiger partial charge in [0.15, 0.2) is 0 Å². The van der Waals surface area contributed by atoms with Gasteiger partial charge in [-0.1, -0.05) is 11.8 Å². The van der Waals surface area contributed by atoms with Crippen molar-refractivity contribution in [3.05, 3.63) is 21.9 Å². The van der Waals surface area contributed by atoms with E-state index >= 15 is 0 Å². The zero-order valence-corrected chi connectivity index (χ0v) is 11.4. The average Bonchev–Trinajstić information content (AvgIpc) is 2.83. The number of hydrogen-bond donors (Lipinski definition) is 1. The van der Waals surface area contributed by atoms with Crippen molar-refractivity contribution in [2.45, 2.75) is 23.8 Å². The molecule has 0 spiro atoms. The third-order valence-electron chi connectivity index (χ3n) is 2.62. The molecule has 0 aromatic carbocycles. The first-order chi connectivity index (χ1) is 8.38. The Balaban J connectivity index is 1.80. The SMILES string of the molecule is NCC#Cc1csc(CSC2CCOCC2)c1. The Kier molecular flexibility index (Phi) is 5.40. The zero-order chi connectivity index (χ0) is 11.9. The fourth-order valence-electron chi connectivity index (χ4n) is 1.72. The van der Waals surface area contributed by atoms with E-state index in [0.29, 0.717) is 6.54 Å². The van der Waals surface area contributed by atoms with Gasteiger partial charge in [-0.05, 0) is 18.9 Å². The molecule has 2 nitrogen and oxygen atoms in total. The van der Waals surface area contributed by atoms with Crippen LogP contribution in [0.15, 0.2) is 11.4 Å². The van der Waals surface area contributed by atoms with Crippen LogP contribution >= 0.6 is 23.1 Å². The molecule has 0 saturated carbocycles. The Morgan fingerprint density at radius 2 is 2.29 bits per heavy atom. The van der Waals surface area contributed by atoms with Crippen LogP contribution in [0, 0.1) is 11.8 Å². The third-order valence-corrected chi connectivity index (χ3v) is 5.16. The smallest absolute Gasteiger partial charge is 0.0555 e. The van der Waals surface area contributed by atoms with E-state index in [0.717, 1.165) is 29.8 Å². The highest BCUT2D eigenvalue weighted by atomic mass is 32.2. The van der Waals surface area contributed by atoms with Gasteiger partial charge in [0.25, 0.3) is 0 Å². The van der Waals surface area contributed by atoms with Gasteiger partial charge in [-0.15, -0.1) is 11.3 Å². The van der Waals surface area contributed by atoms with Crippen LogP contribution in [-0.4, -0.2) is 25.0 Å². The summed E-state index contributed by atoms with van der Waals surface area (Å²) < 4.78 is 5.36. The highest BCUT2D eigenvalue weighted by molar-refractivity contribution is 7.99. The second-order valence-electron chi connectivity index (χ2n) is 3.93. The summed E-state index contributed by atoms with van der Waals surface area (Å²) in [5.41, 5.74) is 6.45. The number of thioether (sulfide) groups is 1. The molecule has 0 atom stereocenters. The van der Waals surface area contributed by atoms with Crippen molar-refractivity contribution < 1.29 is 4.74 Å². The van der Waals surface area contributed by atoms with Gasteiger partial charge in [-0.3, -0.25) is 0 Å². The predicted octanol–water partition coefficient (Wildman–Crippen LogP) is 2.47. The van der Waals surface area contributed by atoms with Crippen LogP contribution in [0.3, 0.4) is 0 Å². The van der Waals surface area contributed by atoms with Gasteiger partial charge >= 0.3 is 0 Å². The maximum Gasteiger partial charge on any atom is 0.0555 e. The molecule has 92 valence electrons. The van der Waals surface area contributed by atoms with Crippen LogP contribution in [-0.2, 0) is 10.5 Å². The maximum absolute atomic E-state index is 5.36. The minimum Gasteiger partial charge on any atom is -0.381 e. The number of rotatable bonds is 3. The summed E-state index contributed by atoms with van der Waals surface area (Å²) in [6, 6.07) is 2.18. The van der Waals surface area contributed by atoms with E-state index in [1.54, 1.807) is 11.3 Å². The number of thiophene rings is 1. The molecule has 1 aliphatic heterocycles. The molecule has 0 radical (unpaired) electrons. The fraction of sp³-hybridized carbons (Fsp3) is 0.538. The Morgan fingerprint density at radius 3 is 3.06 bits per heavy atom. The summed E-state index contributed by atoms with van der Waals surface area (Å²) >= 11 is 3.84. The van der Waals surface area contributed by atoms with Gasteiger partial charge in [-0.2, -0.15) is 11.8 Å². The van der Waals surface area contributed by atoms with E-state index in [9.17, 15) is 0 Å². The van der Waals surface area contributed by atoms with E-state index in [4.69, 9.17) is 10.5 Å². The van der Waals surface area contributed by atoms with Gasteiger partial charge in [0.2, 0.25) is 0 Å². The fourth-order valence-corrected chi connectivity index (χ4v) is 3.80. The van der Waals surface area contributed by atoms with Crippen molar-refractivity contribution in [1.29, 1.82) is 0 Å². The third kappa shape index (κ3) is 4.36. The van der Waals surface area contributed by atoms with E-state index in [1.165, 1.54) is 17.7 Å². The van der Waals surface area contributed by atoms with Gasteiger partial charge < -0.3 is 10.5 Å². The predicted molar refractivity (Wildman–Crippen MR) is 75.4 cm³/mol. The summed E-state index contributed by atoms with van der Waals surface area (Å²) in [5.74, 6) is 7.05. The van der Waals surface area contributed by atoms with Crippen molar-refractivity contribution >= 4 is 23.1 Å². The zero-order valence-electron chi connectivity index (χ0n) is 9.78. The number of hydrogen-bond acceptors (Lipinski definition) is 4. The quantitative estimate of drug-likeness (QED) is 0.855. The molecule has 1 aliphatic rings. The van der Waals surface area contributed by atoms with Gasteiger partial charge in [0.05, 0.1) is 6.54 Å². The molecule has 1 aromatic rings. The molecule has 0 aliphatic carbocycles. The Labute approximate surface area is 111 Å². The van der Waals surface area contributed by atoms with E-state index in [2.05, 4.69) is 23.3 Å². The van der Waals surface area contributed by atoms with Crippen molar-refractivity contribution in [2.24, 2.45) is 5.73 Å². The summed E-state index contributed by atoms with van der Waals surface area (Å²) in [6.07, 6.45) is 2.38. The minimum atomic E-state index is 0.433. The minimum absolute atomic E-state index is 0.433. The average molecular weight is 267 g/mol. The standard InChI is InChI=1S/C13H17NOS2/c14-5-1-2-11-8-13(16-9-11)10-17-12-3-6-15-7-4-12/h8-9,12H,3-7,10,14H2. The van der Waals surface area contributed by atoms with E-state index < -0.39 is 0 Å². The van der Waals surface area contributed by atoms with Crippen LogP contribution in [0.25, 0.3) is 0 Å². The lowest BCUT2D eigenvalue weighted by atomic mass is 10.2. The molecule has 2 rings (SSSR count). The lowest BCUT2D eigenvalue weighted by Crippen LogP contribution is -2.17. The Hall–Kier alpha value is -0.470. The summed E-state index contributed by atoms with van der Waals surface area (Å²) in [7, 11) is 0. The largest absolute Gasteiger partial charge is 0.381 e. The molecular weight excluding hydrogens is 250 g/mol. The highest BCUT2D eigenvalue weighted by Gasteiger charge is 2.14. The van der Waals surface area contributed by atoms with Crippen LogP contribution in [0.1, 0.15) is 23.3 Å². The monoisotopic (exact) mass is 267 g/mol. The molecule has 0 unspecified atom stereocenters. The van der Waals surface area contributed by atoms with Crippen molar-refractivity contribution in [2.75, 3.05) is 19.8 Å². The molecule has 2 N–H and O–H groups in total. The normalized spacial score (nSPS) is 16.5. The molecular formula is C13H17NOS2. The first-order valence-corrected chi connectivity index (χ1v) is 7.77. The maximum atomic E-state index is 5.36. The van der Waals surface area contributed by atoms with E-state index in [-0.39, 0.29) is 0 Å². The van der Waals surface area contributed by atoms with Gasteiger partial charge in [0, 0.05) is 40.0 Å². The van der Waals surface area contributed by atoms with Crippen LogP contribution in [0.5, 0.6) is 0 Å². The van der Waals surface area contributed by atoms with Crippen molar-refractivity contribution in [3.63, 3.8) is 0 Å². The van der Waals surface area contributed by atoms with Gasteiger partial charge in [-0.25, -0.2) is 0 Å². The summed E-state index contributed by atoms with van der Waals surface area (Å²) in [4.78, 5) is 1.41. The number of ether oxygens (including phenoxy) is 1. The van der Waals surface area contributed by atoms with Crippen LogP contribution in [0.2, 0.25) is 0 Å². The lowest BCUT2D eigenvalue weighted by molar-refractivity contribution is 0.1000. The molecule has 17 heavy (non-hydrogen) atoms. The molecule has 1 saturated heterocycles. The number of nitrogens with two attached hydrogens (primary N) is 1. The van der Waals surface area contributed by atoms with E-state index in [1.807, 2.05) is 11.8 Å². The van der Waals surface area contributed by atoms with Crippen LogP contribution in [0.4, 0.5) is 0 Å². The molecule has 2 heterocycles. The molecule has 0 amide bonds. The second-order valence-corrected chi connectivity index (χ2v) is 6.21. The summed E-state index contributed by atoms with van der Waals surface area (Å²) in [6.45, 7) is 2.28. The Bertz CT molecular complexity index is 399. The second kappa shape index (κ2) is 7.07. The van der Waals surface area contributed by atoms with Crippen molar-refractivity contribution in [1.82, 2.24) is 0 Å². The summed E-state index contributed by atoms with van der Waals surface area (Å²) in [5, 5.41) is 2.88. The first-order valence-electron chi connectivity index (χ1n) is 5.84. The van der Waals surface area contributed by atoms with Crippen molar-refractivity contribution in [3.8, 4) is 11.8 Å². The molecule has 1 fully saturated rings. The Morgan fingerprint density at radius 1 is 1.47 bits per heavy atom.